The summed E-state index contributed by atoms with van der Waals surface area (Å²) in [7, 11) is 1.64. The molecule has 1 aromatic heterocycles. The highest BCUT2D eigenvalue weighted by Crippen LogP contribution is 2.03. The zero-order valence-electron chi connectivity index (χ0n) is 13.3. The van der Waals surface area contributed by atoms with Gasteiger partial charge < -0.3 is 15.4 Å². The number of carbonyl (C=O) groups is 1. The van der Waals surface area contributed by atoms with Gasteiger partial charge in [0, 0.05) is 20.2 Å². The molecule has 0 fully saturated rings. The van der Waals surface area contributed by atoms with Crippen molar-refractivity contribution in [2.75, 3.05) is 32.1 Å². The van der Waals surface area contributed by atoms with Crippen molar-refractivity contribution in [2.45, 2.75) is 12.8 Å². The van der Waals surface area contributed by atoms with Gasteiger partial charge in [0.15, 0.2) is 5.69 Å². The van der Waals surface area contributed by atoms with Gasteiger partial charge in [-0.05, 0) is 30.5 Å². The van der Waals surface area contributed by atoms with Crippen LogP contribution in [0.15, 0.2) is 42.5 Å². The molecule has 0 unspecified atom stereocenters. The average molecular weight is 314 g/mol. The highest BCUT2D eigenvalue weighted by atomic mass is 16.5. The molecule has 2 aromatic rings. The van der Waals surface area contributed by atoms with E-state index in [0.717, 1.165) is 12.8 Å². The quantitative estimate of drug-likeness (QED) is 0.691. The second-order valence-electron chi connectivity index (χ2n) is 5.07. The number of anilines is 1. The van der Waals surface area contributed by atoms with E-state index in [1.165, 1.54) is 5.56 Å². The van der Waals surface area contributed by atoms with Crippen molar-refractivity contribution in [1.29, 1.82) is 0 Å². The second kappa shape index (κ2) is 9.53. The maximum atomic E-state index is 12.0. The Hall–Kier alpha value is -2.47. The fraction of sp³-hybridized carbons (Fsp3) is 0.353. The number of aryl methyl sites for hydroxylation is 1. The minimum Gasteiger partial charge on any atom is -0.383 e. The SMILES string of the molecule is COCCNc1ccc(C(=O)NCCCc2ccccc2)nn1. The van der Waals surface area contributed by atoms with Gasteiger partial charge in [-0.3, -0.25) is 4.79 Å². The molecular weight excluding hydrogens is 292 g/mol. The van der Waals surface area contributed by atoms with Gasteiger partial charge >= 0.3 is 0 Å². The van der Waals surface area contributed by atoms with Crippen LogP contribution >= 0.6 is 0 Å². The molecule has 0 atom stereocenters. The van der Waals surface area contributed by atoms with Crippen molar-refractivity contribution in [3.05, 3.63) is 53.7 Å². The van der Waals surface area contributed by atoms with Crippen LogP contribution in [0.25, 0.3) is 0 Å². The number of carbonyl (C=O) groups excluding carboxylic acids is 1. The van der Waals surface area contributed by atoms with Crippen LogP contribution in [0.4, 0.5) is 5.82 Å². The summed E-state index contributed by atoms with van der Waals surface area (Å²) in [4.78, 5) is 12.0. The Morgan fingerprint density at radius 1 is 1.09 bits per heavy atom. The smallest absolute Gasteiger partial charge is 0.271 e. The van der Waals surface area contributed by atoms with Crippen molar-refractivity contribution in [3.8, 4) is 0 Å². The molecule has 1 heterocycles. The van der Waals surface area contributed by atoms with Crippen molar-refractivity contribution in [3.63, 3.8) is 0 Å². The van der Waals surface area contributed by atoms with Crippen LogP contribution in [0.3, 0.4) is 0 Å². The Morgan fingerprint density at radius 2 is 1.91 bits per heavy atom. The molecule has 2 N–H and O–H groups in total. The van der Waals surface area contributed by atoms with E-state index in [-0.39, 0.29) is 5.91 Å². The Kier molecular flexibility index (Phi) is 7.00. The van der Waals surface area contributed by atoms with Crippen LogP contribution in [-0.2, 0) is 11.2 Å². The molecule has 2 rings (SSSR count). The summed E-state index contributed by atoms with van der Waals surface area (Å²) in [5.41, 5.74) is 1.59. The average Bonchev–Trinajstić information content (AvgIpc) is 2.60. The molecule has 0 aliphatic carbocycles. The Balaban J connectivity index is 1.70. The number of aromatic nitrogens is 2. The van der Waals surface area contributed by atoms with E-state index in [0.29, 0.717) is 31.2 Å². The molecule has 0 saturated carbocycles. The van der Waals surface area contributed by atoms with Crippen LogP contribution < -0.4 is 10.6 Å². The van der Waals surface area contributed by atoms with Crippen LogP contribution in [0.5, 0.6) is 0 Å². The molecular formula is C17H22N4O2. The minimum absolute atomic E-state index is 0.200. The van der Waals surface area contributed by atoms with Crippen LogP contribution in [0.2, 0.25) is 0 Å². The van der Waals surface area contributed by atoms with Gasteiger partial charge in [0.05, 0.1) is 6.61 Å². The summed E-state index contributed by atoms with van der Waals surface area (Å²) >= 11 is 0. The summed E-state index contributed by atoms with van der Waals surface area (Å²) in [6.45, 7) is 1.85. The zero-order valence-corrected chi connectivity index (χ0v) is 13.3. The van der Waals surface area contributed by atoms with Gasteiger partial charge in [0.1, 0.15) is 5.82 Å². The van der Waals surface area contributed by atoms with E-state index in [1.807, 2.05) is 18.2 Å². The van der Waals surface area contributed by atoms with E-state index in [1.54, 1.807) is 19.2 Å². The molecule has 0 aliphatic rings. The van der Waals surface area contributed by atoms with Gasteiger partial charge in [0.2, 0.25) is 0 Å². The molecule has 0 radical (unpaired) electrons. The molecule has 122 valence electrons. The van der Waals surface area contributed by atoms with E-state index in [2.05, 4.69) is 33.0 Å². The van der Waals surface area contributed by atoms with Gasteiger partial charge in [-0.15, -0.1) is 10.2 Å². The number of benzene rings is 1. The Morgan fingerprint density at radius 3 is 2.61 bits per heavy atom. The van der Waals surface area contributed by atoms with Gasteiger partial charge in [0.25, 0.3) is 5.91 Å². The Labute approximate surface area is 136 Å². The standard InChI is InChI=1S/C17H22N4O2/c1-23-13-12-18-16-10-9-15(20-21-16)17(22)19-11-5-8-14-6-3-2-4-7-14/h2-4,6-7,9-10H,5,8,11-13H2,1H3,(H,18,21)(H,19,22). The number of nitrogens with zero attached hydrogens (tertiary/aromatic N) is 2. The third-order valence-corrected chi connectivity index (χ3v) is 3.28. The van der Waals surface area contributed by atoms with Crippen LogP contribution in [0.1, 0.15) is 22.5 Å². The number of amides is 1. The molecule has 1 amide bonds. The van der Waals surface area contributed by atoms with E-state index >= 15 is 0 Å². The van der Waals surface area contributed by atoms with Gasteiger partial charge in [-0.1, -0.05) is 30.3 Å². The lowest BCUT2D eigenvalue weighted by atomic mass is 10.1. The van der Waals surface area contributed by atoms with Crippen molar-refractivity contribution in [2.24, 2.45) is 0 Å². The largest absolute Gasteiger partial charge is 0.383 e. The maximum Gasteiger partial charge on any atom is 0.271 e. The Bertz CT molecular complexity index is 587. The molecule has 6 nitrogen and oxygen atoms in total. The molecule has 23 heavy (non-hydrogen) atoms. The van der Waals surface area contributed by atoms with Crippen molar-refractivity contribution in [1.82, 2.24) is 15.5 Å². The molecule has 1 aromatic carbocycles. The number of hydrogen-bond donors (Lipinski definition) is 2. The molecule has 6 heteroatoms. The number of rotatable bonds is 9. The normalized spacial score (nSPS) is 10.3. The minimum atomic E-state index is -0.200. The van der Waals surface area contributed by atoms with Crippen LogP contribution in [0, 0.1) is 0 Å². The summed E-state index contributed by atoms with van der Waals surface area (Å²) in [5.74, 6) is 0.427. The third-order valence-electron chi connectivity index (χ3n) is 3.28. The van der Waals surface area contributed by atoms with E-state index in [9.17, 15) is 4.79 Å². The first-order valence-corrected chi connectivity index (χ1v) is 7.68. The van der Waals surface area contributed by atoms with Crippen molar-refractivity contribution < 1.29 is 9.53 Å². The van der Waals surface area contributed by atoms with Crippen LogP contribution in [-0.4, -0.2) is 42.9 Å². The van der Waals surface area contributed by atoms with E-state index in [4.69, 9.17) is 4.74 Å². The topological polar surface area (TPSA) is 76.1 Å². The molecule has 0 spiro atoms. The predicted octanol–water partition coefficient (Wildman–Crippen LogP) is 1.90. The number of ether oxygens (including phenoxy) is 1. The first-order chi connectivity index (χ1) is 11.3. The number of methoxy groups -OCH3 is 1. The number of nitrogens with one attached hydrogen (secondary N) is 2. The summed E-state index contributed by atoms with van der Waals surface area (Å²) < 4.78 is 4.94. The third kappa shape index (κ3) is 6.04. The molecule has 0 bridgehead atoms. The highest BCUT2D eigenvalue weighted by Gasteiger charge is 2.07. The monoisotopic (exact) mass is 314 g/mol. The molecule has 0 aliphatic heterocycles. The first kappa shape index (κ1) is 16.9. The lowest BCUT2D eigenvalue weighted by molar-refractivity contribution is 0.0947. The summed E-state index contributed by atoms with van der Waals surface area (Å²) in [5, 5.41) is 13.8. The maximum absolute atomic E-state index is 12.0. The summed E-state index contributed by atoms with van der Waals surface area (Å²) in [6, 6.07) is 13.6. The number of hydrogen-bond acceptors (Lipinski definition) is 5. The fourth-order valence-corrected chi connectivity index (χ4v) is 2.06. The van der Waals surface area contributed by atoms with Crippen molar-refractivity contribution >= 4 is 11.7 Å². The molecule has 0 saturated heterocycles. The van der Waals surface area contributed by atoms with E-state index < -0.39 is 0 Å². The fourth-order valence-electron chi connectivity index (χ4n) is 2.06. The van der Waals surface area contributed by atoms with Gasteiger partial charge in [-0.2, -0.15) is 0 Å². The van der Waals surface area contributed by atoms with Gasteiger partial charge in [-0.25, -0.2) is 0 Å². The lowest BCUT2D eigenvalue weighted by Gasteiger charge is -2.06. The lowest BCUT2D eigenvalue weighted by Crippen LogP contribution is -2.26. The first-order valence-electron chi connectivity index (χ1n) is 7.68. The summed E-state index contributed by atoms with van der Waals surface area (Å²) in [6.07, 6.45) is 1.83. The predicted molar refractivity (Wildman–Crippen MR) is 89.5 cm³/mol. The second-order valence-corrected chi connectivity index (χ2v) is 5.07. The zero-order chi connectivity index (χ0) is 16.3. The highest BCUT2D eigenvalue weighted by molar-refractivity contribution is 5.92.